The molecule has 2 bridgehead atoms. The van der Waals surface area contributed by atoms with Crippen molar-refractivity contribution in [2.75, 3.05) is 11.9 Å². The van der Waals surface area contributed by atoms with Crippen LogP contribution in [-0.4, -0.2) is 40.2 Å². The number of nitrogens with zero attached hydrogens (tertiary/aromatic N) is 3. The van der Waals surface area contributed by atoms with Gasteiger partial charge in [0.2, 0.25) is 0 Å². The van der Waals surface area contributed by atoms with Crippen LogP contribution in [0.4, 0.5) is 11.4 Å². The number of nitrogens with one attached hydrogen (secondary N) is 1. The molecule has 2 saturated heterocycles. The molecule has 3 aliphatic heterocycles. The number of fused-ring (bicyclic) bond motifs is 4. The summed E-state index contributed by atoms with van der Waals surface area (Å²) in [7, 11) is 2.27. The van der Waals surface area contributed by atoms with Crippen LogP contribution in [0.15, 0.2) is 51.8 Å². The van der Waals surface area contributed by atoms with Gasteiger partial charge in [0.1, 0.15) is 0 Å². The number of benzene rings is 2. The highest BCUT2D eigenvalue weighted by molar-refractivity contribution is 5.80. The fourth-order valence-corrected chi connectivity index (χ4v) is 5.27. The van der Waals surface area contributed by atoms with Gasteiger partial charge in [-0.15, -0.1) is 0 Å². The molecule has 29 heavy (non-hydrogen) atoms. The average molecular weight is 390 g/mol. The predicted octanol–water partition coefficient (Wildman–Crippen LogP) is 3.90. The summed E-state index contributed by atoms with van der Waals surface area (Å²) in [4.78, 5) is 19.0. The van der Waals surface area contributed by atoms with Crippen LogP contribution >= 0.6 is 0 Å². The van der Waals surface area contributed by atoms with E-state index in [0.717, 1.165) is 41.3 Å². The number of aromatic amines is 1. The molecule has 7 heteroatoms. The first-order chi connectivity index (χ1) is 14.2. The summed E-state index contributed by atoms with van der Waals surface area (Å²) in [5, 5.41) is 3.81. The van der Waals surface area contributed by atoms with E-state index >= 15 is 0 Å². The molecule has 0 aliphatic carbocycles. The van der Waals surface area contributed by atoms with Gasteiger partial charge in [-0.3, -0.25) is 9.51 Å². The predicted molar refractivity (Wildman–Crippen MR) is 109 cm³/mol. The van der Waals surface area contributed by atoms with Gasteiger partial charge >= 0.3 is 5.76 Å². The van der Waals surface area contributed by atoms with Crippen molar-refractivity contribution in [1.82, 2.24) is 15.0 Å². The highest BCUT2D eigenvalue weighted by Gasteiger charge is 2.42. The topological polar surface area (TPSA) is 74.6 Å². The Morgan fingerprint density at radius 1 is 1.00 bits per heavy atom. The Morgan fingerprint density at radius 2 is 1.76 bits per heavy atom. The molecule has 0 amide bonds. The van der Waals surface area contributed by atoms with Crippen LogP contribution in [0.2, 0.25) is 0 Å². The molecule has 0 spiro atoms. The van der Waals surface area contributed by atoms with Crippen LogP contribution in [0.1, 0.15) is 25.7 Å². The van der Waals surface area contributed by atoms with Crippen LogP contribution in [0.25, 0.3) is 11.4 Å². The minimum atomic E-state index is -0.563. The highest BCUT2D eigenvalue weighted by Crippen LogP contribution is 2.51. The summed E-state index contributed by atoms with van der Waals surface area (Å²) in [6, 6.07) is 15.9. The molecule has 2 aromatic carbocycles. The third kappa shape index (κ3) is 2.61. The zero-order valence-corrected chi connectivity index (χ0v) is 16.2. The maximum Gasteiger partial charge on any atom is 0.439 e. The Balaban J connectivity index is 1.44. The van der Waals surface area contributed by atoms with Gasteiger partial charge in [-0.25, -0.2) is 4.79 Å². The van der Waals surface area contributed by atoms with Crippen LogP contribution in [0.5, 0.6) is 11.5 Å². The lowest BCUT2D eigenvalue weighted by atomic mass is 9.94. The van der Waals surface area contributed by atoms with Gasteiger partial charge in [0, 0.05) is 23.7 Å². The van der Waals surface area contributed by atoms with Gasteiger partial charge in [0.15, 0.2) is 17.3 Å². The molecule has 148 valence electrons. The number of anilines is 2. The van der Waals surface area contributed by atoms with Crippen LogP contribution < -0.4 is 15.4 Å². The fraction of sp³-hybridized carbons (Fsp3) is 0.364. The number of hydrogen-bond acceptors (Lipinski definition) is 6. The Hall–Kier alpha value is -3.06. The van der Waals surface area contributed by atoms with Gasteiger partial charge < -0.3 is 14.5 Å². The molecule has 2 unspecified atom stereocenters. The van der Waals surface area contributed by atoms with Crippen LogP contribution in [0.3, 0.4) is 0 Å². The lowest BCUT2D eigenvalue weighted by molar-refractivity contribution is 0.162. The zero-order chi connectivity index (χ0) is 19.5. The van der Waals surface area contributed by atoms with Crippen molar-refractivity contribution < 1.29 is 9.26 Å². The van der Waals surface area contributed by atoms with Crippen molar-refractivity contribution in [2.24, 2.45) is 0 Å². The Kier molecular flexibility index (Phi) is 3.61. The first-order valence-corrected chi connectivity index (χ1v) is 10.2. The highest BCUT2D eigenvalue weighted by atomic mass is 16.5. The first-order valence-electron chi connectivity index (χ1n) is 10.2. The number of aromatic nitrogens is 2. The van der Waals surface area contributed by atoms with Crippen molar-refractivity contribution in [2.45, 2.75) is 43.8 Å². The minimum absolute atomic E-state index is 0.407. The summed E-state index contributed by atoms with van der Waals surface area (Å²) >= 11 is 0. The molecule has 6 rings (SSSR count). The maximum atomic E-state index is 11.3. The second-order valence-electron chi connectivity index (χ2n) is 8.24. The second-order valence-corrected chi connectivity index (χ2v) is 8.24. The van der Waals surface area contributed by atoms with Crippen LogP contribution in [-0.2, 0) is 0 Å². The van der Waals surface area contributed by atoms with Crippen molar-refractivity contribution in [3.05, 3.63) is 53.0 Å². The standard InChI is InChI=1S/C22H22N4O3/c1-25-14-7-8-15(25)12-16(11-14)26-17-4-2-3-5-19(17)28-20-10-13(6-9-18(20)26)21-23-22(27)29-24-21/h2-6,9-10,14-16H,7-8,11-12H2,1H3,(H,23,24,27). The lowest BCUT2D eigenvalue weighted by Crippen LogP contribution is -2.48. The van der Waals surface area contributed by atoms with E-state index in [-0.39, 0.29) is 0 Å². The Morgan fingerprint density at radius 3 is 2.52 bits per heavy atom. The molecule has 7 nitrogen and oxygen atoms in total. The van der Waals surface area contributed by atoms with Crippen molar-refractivity contribution in [3.63, 3.8) is 0 Å². The molecule has 1 aromatic heterocycles. The van der Waals surface area contributed by atoms with E-state index in [0.29, 0.717) is 23.9 Å². The molecular weight excluding hydrogens is 368 g/mol. The molecular formula is C22H22N4O3. The van der Waals surface area contributed by atoms with Crippen LogP contribution in [0, 0.1) is 0 Å². The fourth-order valence-electron chi connectivity index (χ4n) is 5.27. The number of hydrogen-bond donors (Lipinski definition) is 1. The van der Waals surface area contributed by atoms with Gasteiger partial charge in [-0.1, -0.05) is 17.3 Å². The molecule has 0 radical (unpaired) electrons. The summed E-state index contributed by atoms with van der Waals surface area (Å²) < 4.78 is 10.9. The number of rotatable bonds is 2. The Bertz CT molecular complexity index is 1120. The van der Waals surface area contributed by atoms with Crippen molar-refractivity contribution in [3.8, 4) is 22.9 Å². The molecule has 2 fully saturated rings. The van der Waals surface area contributed by atoms with E-state index in [9.17, 15) is 4.79 Å². The lowest BCUT2D eigenvalue weighted by Gasteiger charge is -2.44. The summed E-state index contributed by atoms with van der Waals surface area (Å²) in [6.45, 7) is 0. The molecule has 0 saturated carbocycles. The van der Waals surface area contributed by atoms with E-state index in [2.05, 4.69) is 49.7 Å². The van der Waals surface area contributed by atoms with E-state index in [1.807, 2.05) is 24.3 Å². The average Bonchev–Trinajstić information content (AvgIpc) is 3.23. The zero-order valence-electron chi connectivity index (χ0n) is 16.2. The van der Waals surface area contributed by atoms with E-state index in [1.165, 1.54) is 12.8 Å². The third-order valence-electron chi connectivity index (χ3n) is 6.72. The largest absolute Gasteiger partial charge is 0.453 e. The first kappa shape index (κ1) is 16.9. The van der Waals surface area contributed by atoms with E-state index in [4.69, 9.17) is 4.74 Å². The van der Waals surface area contributed by atoms with Gasteiger partial charge in [-0.05, 0) is 63.1 Å². The normalized spacial score (nSPS) is 25.4. The third-order valence-corrected chi connectivity index (χ3v) is 6.72. The van der Waals surface area contributed by atoms with Crippen molar-refractivity contribution >= 4 is 11.4 Å². The molecule has 3 aliphatic rings. The number of para-hydroxylation sites is 2. The Labute approximate surface area is 167 Å². The van der Waals surface area contributed by atoms with E-state index in [1.54, 1.807) is 0 Å². The number of piperidine rings is 1. The van der Waals surface area contributed by atoms with Gasteiger partial charge in [0.25, 0.3) is 0 Å². The summed E-state index contributed by atoms with van der Waals surface area (Å²) in [5.41, 5.74) is 2.95. The van der Waals surface area contributed by atoms with E-state index < -0.39 is 5.76 Å². The molecule has 2 atom stereocenters. The molecule has 1 N–H and O–H groups in total. The number of H-pyrrole nitrogens is 1. The second kappa shape index (κ2) is 6.22. The monoisotopic (exact) mass is 390 g/mol. The maximum absolute atomic E-state index is 11.3. The smallest absolute Gasteiger partial charge is 0.439 e. The number of ether oxygens (including phenoxy) is 1. The SMILES string of the molecule is CN1C2CCC1CC(N1c3ccccc3Oc3cc(-c4noc(=O)[nH]4)ccc31)C2. The quantitative estimate of drug-likeness (QED) is 0.715. The van der Waals surface area contributed by atoms with Crippen molar-refractivity contribution in [1.29, 1.82) is 0 Å². The minimum Gasteiger partial charge on any atom is -0.453 e. The van der Waals surface area contributed by atoms with Gasteiger partial charge in [0.05, 0.1) is 11.4 Å². The summed E-state index contributed by atoms with van der Waals surface area (Å²) in [6.07, 6.45) is 4.88. The summed E-state index contributed by atoms with van der Waals surface area (Å²) in [5.74, 6) is 1.48. The van der Waals surface area contributed by atoms with Gasteiger partial charge in [-0.2, -0.15) is 0 Å². The molecule has 4 heterocycles. The molecule has 3 aromatic rings.